The maximum atomic E-state index is 11.6. The predicted molar refractivity (Wildman–Crippen MR) is 88.0 cm³/mol. The molecule has 4 rings (SSSR count). The van der Waals surface area contributed by atoms with E-state index >= 15 is 0 Å². The second kappa shape index (κ2) is 5.34. The highest BCUT2D eigenvalue weighted by Gasteiger charge is 2.50. The molecule has 0 radical (unpaired) electrons. The van der Waals surface area contributed by atoms with Crippen LogP contribution in [0.25, 0.3) is 10.9 Å². The normalized spacial score (nSPS) is 27.0. The number of aliphatic hydroxyl groups is 1. The first kappa shape index (κ1) is 15.7. The number of nitrogens with zero attached hydrogens (tertiary/aromatic N) is 3. The molecule has 128 valence electrons. The molecule has 0 saturated carbocycles. The number of amides is 2. The SMILES string of the molecule is CC1(C2CCN(C(=O)NO)CC2)[C@H](O)c2cc(Cl)cc3cnn1c23. The monoisotopic (exact) mass is 350 g/mol. The van der Waals surface area contributed by atoms with E-state index in [-0.39, 0.29) is 5.92 Å². The number of carbonyl (C=O) groups excluding carboxylic acids is 1. The van der Waals surface area contributed by atoms with E-state index < -0.39 is 17.7 Å². The third-order valence-corrected chi connectivity index (χ3v) is 5.88. The molecule has 0 bridgehead atoms. The Labute approximate surface area is 143 Å². The summed E-state index contributed by atoms with van der Waals surface area (Å²) in [4.78, 5) is 13.1. The molecular weight excluding hydrogens is 332 g/mol. The minimum Gasteiger partial charge on any atom is -0.386 e. The number of benzene rings is 1. The quantitative estimate of drug-likeness (QED) is 0.543. The lowest BCUT2D eigenvalue weighted by Crippen LogP contribution is -2.49. The van der Waals surface area contributed by atoms with Gasteiger partial charge in [0.1, 0.15) is 6.10 Å². The number of likely N-dealkylation sites (tertiary alicyclic amines) is 1. The summed E-state index contributed by atoms with van der Waals surface area (Å²) in [5.41, 5.74) is 2.85. The lowest BCUT2D eigenvalue weighted by Gasteiger charge is -2.42. The van der Waals surface area contributed by atoms with E-state index in [0.717, 1.165) is 29.3 Å². The number of halogens is 1. The standard InChI is InChI=1S/C16H19ClN4O3/c1-16(10-2-4-20(5-3-10)15(23)19-24)14(22)12-7-11(17)6-9-8-18-21(16)13(9)12/h6-8,10,14,22,24H,2-5H2,1H3,(H,19,23)/t14-,16?/m1/s1. The predicted octanol–water partition coefficient (Wildman–Crippen LogP) is 2.26. The van der Waals surface area contributed by atoms with Crippen LogP contribution in [0.5, 0.6) is 0 Å². The van der Waals surface area contributed by atoms with E-state index in [9.17, 15) is 9.90 Å². The third-order valence-electron chi connectivity index (χ3n) is 5.67. The summed E-state index contributed by atoms with van der Waals surface area (Å²) in [6.07, 6.45) is 2.54. The van der Waals surface area contributed by atoms with Gasteiger partial charge in [-0.15, -0.1) is 0 Å². The van der Waals surface area contributed by atoms with E-state index in [1.54, 1.807) is 16.6 Å². The van der Waals surface area contributed by atoms with Crippen LogP contribution < -0.4 is 5.48 Å². The van der Waals surface area contributed by atoms with Gasteiger partial charge in [0.2, 0.25) is 0 Å². The van der Waals surface area contributed by atoms with Crippen LogP contribution in [0, 0.1) is 5.92 Å². The van der Waals surface area contributed by atoms with Crippen molar-refractivity contribution >= 4 is 28.5 Å². The summed E-state index contributed by atoms with van der Waals surface area (Å²) >= 11 is 6.17. The number of carbonyl (C=O) groups is 1. The fourth-order valence-electron chi connectivity index (χ4n) is 4.30. The van der Waals surface area contributed by atoms with Crippen molar-refractivity contribution in [1.82, 2.24) is 20.2 Å². The zero-order chi connectivity index (χ0) is 17.1. The minimum absolute atomic E-state index is 0.157. The van der Waals surface area contributed by atoms with E-state index in [0.29, 0.717) is 18.1 Å². The van der Waals surface area contributed by atoms with Gasteiger partial charge < -0.3 is 10.0 Å². The summed E-state index contributed by atoms with van der Waals surface area (Å²) < 4.78 is 1.92. The van der Waals surface area contributed by atoms with E-state index in [2.05, 4.69) is 5.10 Å². The van der Waals surface area contributed by atoms with Crippen LogP contribution in [-0.4, -0.2) is 44.1 Å². The molecule has 1 saturated heterocycles. The summed E-state index contributed by atoms with van der Waals surface area (Å²) in [7, 11) is 0. The number of hydrogen-bond donors (Lipinski definition) is 3. The Bertz CT molecular complexity index is 815. The van der Waals surface area contributed by atoms with E-state index in [1.165, 1.54) is 0 Å². The Morgan fingerprint density at radius 2 is 2.12 bits per heavy atom. The van der Waals surface area contributed by atoms with Gasteiger partial charge in [0, 0.05) is 29.1 Å². The minimum atomic E-state index is -0.689. The second-order valence-corrected chi connectivity index (χ2v) is 7.23. The van der Waals surface area contributed by atoms with Crippen LogP contribution in [0.15, 0.2) is 18.3 Å². The van der Waals surface area contributed by atoms with Gasteiger partial charge in [-0.05, 0) is 37.8 Å². The number of rotatable bonds is 1. The van der Waals surface area contributed by atoms with Crippen molar-refractivity contribution in [3.05, 3.63) is 28.9 Å². The Hall–Kier alpha value is -1.83. The maximum Gasteiger partial charge on any atom is 0.341 e. The number of piperidine rings is 1. The van der Waals surface area contributed by atoms with Crippen molar-refractivity contribution in [2.45, 2.75) is 31.4 Å². The maximum absolute atomic E-state index is 11.6. The zero-order valence-electron chi connectivity index (χ0n) is 13.2. The van der Waals surface area contributed by atoms with Gasteiger partial charge in [-0.3, -0.25) is 9.89 Å². The highest BCUT2D eigenvalue weighted by Crippen LogP contribution is 2.51. The fourth-order valence-corrected chi connectivity index (χ4v) is 4.54. The molecule has 1 unspecified atom stereocenters. The van der Waals surface area contributed by atoms with Crippen molar-refractivity contribution in [3.8, 4) is 0 Å². The van der Waals surface area contributed by atoms with Gasteiger partial charge in [-0.25, -0.2) is 10.3 Å². The smallest absolute Gasteiger partial charge is 0.341 e. The van der Waals surface area contributed by atoms with Gasteiger partial charge in [0.15, 0.2) is 0 Å². The first-order valence-electron chi connectivity index (χ1n) is 8.01. The third kappa shape index (κ3) is 1.98. The Morgan fingerprint density at radius 3 is 2.79 bits per heavy atom. The van der Waals surface area contributed by atoms with Crippen LogP contribution in [0.1, 0.15) is 31.4 Å². The summed E-state index contributed by atoms with van der Waals surface area (Å²) in [5, 5.41) is 25.8. The molecule has 2 aliphatic rings. The van der Waals surface area contributed by atoms with Crippen molar-refractivity contribution in [3.63, 3.8) is 0 Å². The highest BCUT2D eigenvalue weighted by atomic mass is 35.5. The number of aromatic nitrogens is 2. The number of hydrogen-bond acceptors (Lipinski definition) is 4. The van der Waals surface area contributed by atoms with Crippen LogP contribution in [0.2, 0.25) is 5.02 Å². The Balaban J connectivity index is 1.68. The Morgan fingerprint density at radius 1 is 1.42 bits per heavy atom. The number of aliphatic hydroxyl groups excluding tert-OH is 1. The average Bonchev–Trinajstić information content (AvgIpc) is 3.11. The molecule has 1 fully saturated rings. The second-order valence-electron chi connectivity index (χ2n) is 6.80. The molecule has 8 heteroatoms. The summed E-state index contributed by atoms with van der Waals surface area (Å²) in [6.45, 7) is 3.08. The van der Waals surface area contributed by atoms with Gasteiger partial charge >= 0.3 is 6.03 Å². The first-order chi connectivity index (χ1) is 11.5. The van der Waals surface area contributed by atoms with Gasteiger partial charge in [-0.2, -0.15) is 5.10 Å². The van der Waals surface area contributed by atoms with E-state index in [1.807, 2.05) is 23.7 Å². The largest absolute Gasteiger partial charge is 0.386 e. The molecule has 3 N–H and O–H groups in total. The molecule has 3 heterocycles. The number of hydroxylamine groups is 1. The zero-order valence-corrected chi connectivity index (χ0v) is 14.0. The molecule has 2 amide bonds. The van der Waals surface area contributed by atoms with Gasteiger partial charge in [0.05, 0.1) is 17.3 Å². The van der Waals surface area contributed by atoms with Gasteiger partial charge in [0.25, 0.3) is 0 Å². The molecule has 7 nitrogen and oxygen atoms in total. The lowest BCUT2D eigenvalue weighted by molar-refractivity contribution is -0.0130. The summed E-state index contributed by atoms with van der Waals surface area (Å²) in [6, 6.07) is 3.19. The number of nitrogens with one attached hydrogen (secondary N) is 1. The van der Waals surface area contributed by atoms with E-state index in [4.69, 9.17) is 16.8 Å². The molecule has 1 aromatic carbocycles. The fraction of sp³-hybridized carbons (Fsp3) is 0.500. The van der Waals surface area contributed by atoms with Crippen molar-refractivity contribution < 1.29 is 15.1 Å². The van der Waals surface area contributed by atoms with Gasteiger partial charge in [-0.1, -0.05) is 11.6 Å². The highest BCUT2D eigenvalue weighted by molar-refractivity contribution is 6.31. The molecule has 2 aromatic rings. The molecule has 1 aromatic heterocycles. The molecule has 2 aliphatic heterocycles. The molecule has 2 atom stereocenters. The lowest BCUT2D eigenvalue weighted by atomic mass is 9.75. The van der Waals surface area contributed by atoms with Crippen molar-refractivity contribution in [1.29, 1.82) is 0 Å². The molecule has 24 heavy (non-hydrogen) atoms. The van der Waals surface area contributed by atoms with Crippen LogP contribution in [0.4, 0.5) is 4.79 Å². The van der Waals surface area contributed by atoms with Crippen molar-refractivity contribution in [2.24, 2.45) is 5.92 Å². The van der Waals surface area contributed by atoms with Crippen LogP contribution in [0.3, 0.4) is 0 Å². The van der Waals surface area contributed by atoms with Crippen molar-refractivity contribution in [2.75, 3.05) is 13.1 Å². The average molecular weight is 351 g/mol. The molecule has 0 spiro atoms. The topological polar surface area (TPSA) is 90.6 Å². The van der Waals surface area contributed by atoms with Crippen LogP contribution in [-0.2, 0) is 5.54 Å². The summed E-state index contributed by atoms with van der Waals surface area (Å²) in [5.74, 6) is 0.157. The first-order valence-corrected chi connectivity index (χ1v) is 8.39. The Kier molecular flexibility index (Phi) is 3.49. The van der Waals surface area contributed by atoms with Crippen LogP contribution >= 0.6 is 11.6 Å². The molecule has 0 aliphatic carbocycles. The number of urea groups is 1. The molecular formula is C16H19ClN4O3.